The molecule has 33 heavy (non-hydrogen) atoms. The van der Waals surface area contributed by atoms with Gasteiger partial charge in [0.05, 0.1) is 17.1 Å². The van der Waals surface area contributed by atoms with Gasteiger partial charge in [-0.25, -0.2) is 13.4 Å². The number of aromatic nitrogens is 1. The fourth-order valence-electron chi connectivity index (χ4n) is 5.02. The van der Waals surface area contributed by atoms with E-state index in [0.717, 1.165) is 5.56 Å². The van der Waals surface area contributed by atoms with Crippen molar-refractivity contribution in [2.24, 2.45) is 0 Å². The number of piperazine rings is 1. The first-order chi connectivity index (χ1) is 16.1. The minimum Gasteiger partial charge on any atom is -0.444 e. The molecule has 0 atom stereocenters. The van der Waals surface area contributed by atoms with E-state index >= 15 is 0 Å². The number of fused-ring (bicyclic) bond motifs is 3. The second-order valence-corrected chi connectivity index (χ2v) is 10.3. The number of hydrogen-bond donors (Lipinski definition) is 0. The average Bonchev–Trinajstić information content (AvgIpc) is 3.51. The summed E-state index contributed by atoms with van der Waals surface area (Å²) in [5.74, 6) is 0.615. The maximum Gasteiger partial charge on any atom is 0.243 e. The van der Waals surface area contributed by atoms with Crippen LogP contribution in [0.5, 0.6) is 0 Å². The second kappa shape index (κ2) is 7.95. The van der Waals surface area contributed by atoms with Crippen LogP contribution in [0.1, 0.15) is 17.2 Å². The van der Waals surface area contributed by atoms with Gasteiger partial charge in [0.25, 0.3) is 0 Å². The van der Waals surface area contributed by atoms with Gasteiger partial charge in [0.2, 0.25) is 10.0 Å². The zero-order chi connectivity index (χ0) is 22.4. The smallest absolute Gasteiger partial charge is 0.243 e. The van der Waals surface area contributed by atoms with Gasteiger partial charge in [-0.15, -0.1) is 0 Å². The fourth-order valence-corrected chi connectivity index (χ4v) is 6.45. The van der Waals surface area contributed by atoms with Gasteiger partial charge in [-0.2, -0.15) is 4.31 Å². The van der Waals surface area contributed by atoms with Crippen molar-refractivity contribution in [2.45, 2.75) is 10.9 Å². The summed E-state index contributed by atoms with van der Waals surface area (Å²) < 4.78 is 33.5. The highest BCUT2D eigenvalue weighted by Gasteiger charge is 2.36. The molecule has 0 saturated carbocycles. The van der Waals surface area contributed by atoms with E-state index in [-0.39, 0.29) is 6.04 Å². The molecule has 1 aliphatic heterocycles. The Bertz CT molecular complexity index is 1350. The predicted octanol–water partition coefficient (Wildman–Crippen LogP) is 4.42. The summed E-state index contributed by atoms with van der Waals surface area (Å²) in [4.78, 5) is 6.62. The molecule has 0 N–H and O–H groups in total. The lowest BCUT2D eigenvalue weighted by Gasteiger charge is -2.38. The van der Waals surface area contributed by atoms with Crippen molar-refractivity contribution in [2.75, 3.05) is 26.2 Å². The minimum absolute atomic E-state index is 0.170. The van der Waals surface area contributed by atoms with Crippen molar-refractivity contribution in [1.29, 1.82) is 0 Å². The standard InChI is InChI=1S/C26H23N3O3S/c30-33(31,20-11-9-19(10-12-20)25-17-27-18-32-25)29-15-13-28(14-16-29)26-23-7-3-1-5-21(23)22-6-2-4-8-24(22)26/h1-12,17-18,26H,13-16H2. The Hall–Kier alpha value is -3.26. The van der Waals surface area contributed by atoms with Crippen molar-refractivity contribution in [3.05, 3.63) is 96.5 Å². The molecule has 0 spiro atoms. The third-order valence-corrected chi connectivity index (χ3v) is 8.56. The van der Waals surface area contributed by atoms with Gasteiger partial charge in [-0.1, -0.05) is 48.5 Å². The Labute approximate surface area is 193 Å². The molecule has 6 rings (SSSR count). The number of nitrogens with zero attached hydrogens (tertiary/aromatic N) is 3. The summed E-state index contributed by atoms with van der Waals surface area (Å²) in [6, 6.07) is 24.0. The second-order valence-electron chi connectivity index (χ2n) is 8.41. The van der Waals surface area contributed by atoms with Gasteiger partial charge in [-0.3, -0.25) is 4.90 Å². The van der Waals surface area contributed by atoms with Gasteiger partial charge >= 0.3 is 0 Å². The van der Waals surface area contributed by atoms with E-state index in [1.165, 1.54) is 28.6 Å². The third-order valence-electron chi connectivity index (χ3n) is 6.65. The van der Waals surface area contributed by atoms with Crippen molar-refractivity contribution in [1.82, 2.24) is 14.2 Å². The molecule has 3 aromatic carbocycles. The zero-order valence-electron chi connectivity index (χ0n) is 18.0. The maximum absolute atomic E-state index is 13.3. The first-order valence-electron chi connectivity index (χ1n) is 11.0. The Morgan fingerprint density at radius 3 is 1.97 bits per heavy atom. The van der Waals surface area contributed by atoms with E-state index in [0.29, 0.717) is 36.8 Å². The predicted molar refractivity (Wildman–Crippen MR) is 126 cm³/mol. The minimum atomic E-state index is -3.56. The van der Waals surface area contributed by atoms with Crippen LogP contribution < -0.4 is 0 Å². The molecule has 2 aliphatic rings. The molecule has 0 amide bonds. The molecule has 166 valence electrons. The lowest BCUT2D eigenvalue weighted by atomic mass is 10.0. The molecular weight excluding hydrogens is 434 g/mol. The molecule has 1 aromatic heterocycles. The maximum atomic E-state index is 13.3. The van der Waals surface area contributed by atoms with Crippen molar-refractivity contribution in [3.63, 3.8) is 0 Å². The number of benzene rings is 3. The van der Waals surface area contributed by atoms with Crippen molar-refractivity contribution >= 4 is 10.0 Å². The zero-order valence-corrected chi connectivity index (χ0v) is 18.8. The van der Waals surface area contributed by atoms with Gasteiger partial charge in [0.1, 0.15) is 0 Å². The van der Waals surface area contributed by atoms with E-state index in [4.69, 9.17) is 4.42 Å². The molecule has 1 aliphatic carbocycles. The van der Waals surface area contributed by atoms with Crippen molar-refractivity contribution < 1.29 is 12.8 Å². The van der Waals surface area contributed by atoms with Gasteiger partial charge in [-0.05, 0) is 46.5 Å². The summed E-state index contributed by atoms with van der Waals surface area (Å²) in [6.07, 6.45) is 2.97. The fraction of sp³-hybridized carbons (Fsp3) is 0.192. The number of oxazole rings is 1. The van der Waals surface area contributed by atoms with Crippen LogP contribution in [-0.4, -0.2) is 48.8 Å². The SMILES string of the molecule is O=S(=O)(c1ccc(-c2cnco2)cc1)N1CCN(C2c3ccccc3-c3ccccc32)CC1. The molecular formula is C26H23N3O3S. The van der Waals surface area contributed by atoms with Gasteiger partial charge in [0, 0.05) is 31.7 Å². The van der Waals surface area contributed by atoms with E-state index in [9.17, 15) is 8.42 Å². The monoisotopic (exact) mass is 457 g/mol. The first kappa shape index (κ1) is 20.4. The summed E-state index contributed by atoms with van der Waals surface area (Å²) in [5.41, 5.74) is 5.96. The lowest BCUT2D eigenvalue weighted by Crippen LogP contribution is -2.49. The van der Waals surface area contributed by atoms with Crippen LogP contribution in [0, 0.1) is 0 Å². The normalized spacial score (nSPS) is 17.1. The number of hydrogen-bond acceptors (Lipinski definition) is 5. The molecule has 7 heteroatoms. The van der Waals surface area contributed by atoms with Crippen LogP contribution in [0.25, 0.3) is 22.5 Å². The van der Waals surface area contributed by atoms with Crippen LogP contribution in [0.3, 0.4) is 0 Å². The first-order valence-corrected chi connectivity index (χ1v) is 12.5. The van der Waals surface area contributed by atoms with E-state index in [1.54, 1.807) is 34.8 Å². The molecule has 1 fully saturated rings. The Balaban J connectivity index is 1.21. The topological polar surface area (TPSA) is 66.7 Å². The lowest BCUT2D eigenvalue weighted by molar-refractivity contribution is 0.158. The molecule has 0 bridgehead atoms. The molecule has 6 nitrogen and oxygen atoms in total. The largest absolute Gasteiger partial charge is 0.444 e. The molecule has 0 unspecified atom stereocenters. The van der Waals surface area contributed by atoms with E-state index in [1.807, 2.05) is 0 Å². The highest BCUT2D eigenvalue weighted by molar-refractivity contribution is 7.89. The summed E-state index contributed by atoms with van der Waals surface area (Å²) in [7, 11) is -3.56. The summed E-state index contributed by atoms with van der Waals surface area (Å²) in [6.45, 7) is 2.30. The van der Waals surface area contributed by atoms with Gasteiger partial charge < -0.3 is 4.42 Å². The number of rotatable bonds is 4. The average molecular weight is 458 g/mol. The van der Waals surface area contributed by atoms with Crippen LogP contribution >= 0.6 is 0 Å². The summed E-state index contributed by atoms with van der Waals surface area (Å²) >= 11 is 0. The van der Waals surface area contributed by atoms with Crippen LogP contribution in [0.4, 0.5) is 0 Å². The summed E-state index contributed by atoms with van der Waals surface area (Å²) in [5, 5.41) is 0. The highest BCUT2D eigenvalue weighted by atomic mass is 32.2. The Morgan fingerprint density at radius 1 is 0.788 bits per heavy atom. The van der Waals surface area contributed by atoms with Crippen LogP contribution in [0.2, 0.25) is 0 Å². The van der Waals surface area contributed by atoms with Crippen molar-refractivity contribution in [3.8, 4) is 22.5 Å². The molecule has 2 heterocycles. The molecule has 4 aromatic rings. The Morgan fingerprint density at radius 2 is 1.39 bits per heavy atom. The Kier molecular flexibility index (Phi) is 4.90. The van der Waals surface area contributed by atoms with E-state index in [2.05, 4.69) is 58.4 Å². The molecule has 0 radical (unpaired) electrons. The van der Waals surface area contributed by atoms with E-state index < -0.39 is 10.0 Å². The third kappa shape index (κ3) is 3.40. The highest BCUT2D eigenvalue weighted by Crippen LogP contribution is 2.46. The van der Waals surface area contributed by atoms with Gasteiger partial charge in [0.15, 0.2) is 12.2 Å². The van der Waals surface area contributed by atoms with Crippen LogP contribution in [0.15, 0.2) is 94.7 Å². The molecule has 1 saturated heterocycles. The number of sulfonamides is 1. The van der Waals surface area contributed by atoms with Crippen LogP contribution in [-0.2, 0) is 10.0 Å². The quantitative estimate of drug-likeness (QED) is 0.454.